The molecule has 1 aliphatic carbocycles. The average molecular weight is 263 g/mol. The molecule has 1 fully saturated rings. The van der Waals surface area contributed by atoms with E-state index in [1.807, 2.05) is 0 Å². The molecule has 1 aromatic heterocycles. The van der Waals surface area contributed by atoms with Gasteiger partial charge in [0.25, 0.3) is 0 Å². The molecule has 4 nitrogen and oxygen atoms in total. The Morgan fingerprint density at radius 1 is 1.32 bits per heavy atom. The Kier molecular flexibility index (Phi) is 3.78. The number of rotatable bonds is 3. The number of carboxylic acid groups (broad SMARTS) is 1. The summed E-state index contributed by atoms with van der Waals surface area (Å²) in [5.41, 5.74) is 0.721. The van der Waals surface area contributed by atoms with Crippen LogP contribution < -0.4 is 0 Å². The first-order valence-electron chi connectivity index (χ1n) is 6.88. The molecule has 19 heavy (non-hydrogen) atoms. The fraction of sp³-hybridized carbons (Fsp3) is 0.600. The minimum absolute atomic E-state index is 0.0854. The summed E-state index contributed by atoms with van der Waals surface area (Å²) in [7, 11) is 0. The fourth-order valence-corrected chi connectivity index (χ4v) is 3.06. The molecule has 3 unspecified atom stereocenters. The number of aromatic carboxylic acids is 1. The largest absolute Gasteiger partial charge is 0.477 e. The van der Waals surface area contributed by atoms with E-state index in [4.69, 9.17) is 0 Å². The predicted molar refractivity (Wildman–Crippen MR) is 72.6 cm³/mol. The average Bonchev–Trinajstić information content (AvgIpc) is 2.77. The van der Waals surface area contributed by atoms with Crippen molar-refractivity contribution in [2.75, 3.05) is 0 Å². The number of ketones is 1. The van der Waals surface area contributed by atoms with Crippen LogP contribution in [0.15, 0.2) is 12.3 Å². The van der Waals surface area contributed by atoms with Crippen LogP contribution in [0.25, 0.3) is 0 Å². The molecular formula is C15H21NO3. The second-order valence-electron chi connectivity index (χ2n) is 5.72. The van der Waals surface area contributed by atoms with Gasteiger partial charge in [-0.05, 0) is 31.2 Å². The molecule has 104 valence electrons. The van der Waals surface area contributed by atoms with Crippen molar-refractivity contribution in [1.82, 2.24) is 4.57 Å². The third-order valence-corrected chi connectivity index (χ3v) is 4.50. The van der Waals surface area contributed by atoms with Gasteiger partial charge >= 0.3 is 5.97 Å². The number of hydrogen-bond donors (Lipinski definition) is 1. The fourth-order valence-electron chi connectivity index (χ4n) is 3.06. The van der Waals surface area contributed by atoms with Crippen LogP contribution in [0.2, 0.25) is 0 Å². The molecule has 0 radical (unpaired) electrons. The molecule has 3 atom stereocenters. The van der Waals surface area contributed by atoms with E-state index < -0.39 is 5.97 Å². The predicted octanol–water partition coefficient (Wildman–Crippen LogP) is 3.39. The van der Waals surface area contributed by atoms with Crippen LogP contribution in [-0.2, 0) is 0 Å². The lowest BCUT2D eigenvalue weighted by Crippen LogP contribution is -2.28. The van der Waals surface area contributed by atoms with Crippen LogP contribution in [-0.4, -0.2) is 21.4 Å². The van der Waals surface area contributed by atoms with Crippen molar-refractivity contribution >= 4 is 11.8 Å². The summed E-state index contributed by atoms with van der Waals surface area (Å²) in [6, 6.07) is 1.68. The SMILES string of the molecule is CC(=O)c1cc(C(=O)O)n(C2CCCC(C)C2C)c1. The first-order chi connectivity index (χ1) is 8.91. The van der Waals surface area contributed by atoms with Crippen LogP contribution in [0.1, 0.15) is 66.9 Å². The number of hydrogen-bond acceptors (Lipinski definition) is 2. The first kappa shape index (κ1) is 13.8. The maximum absolute atomic E-state index is 11.5. The van der Waals surface area contributed by atoms with Crippen molar-refractivity contribution in [2.45, 2.75) is 46.1 Å². The maximum Gasteiger partial charge on any atom is 0.352 e. The standard InChI is InChI=1S/C15H21NO3/c1-9-5-4-6-13(10(9)2)16-8-12(11(3)17)7-14(16)15(18)19/h7-10,13H,4-6H2,1-3H3,(H,18,19). The summed E-state index contributed by atoms with van der Waals surface area (Å²) in [4.78, 5) is 22.8. The molecule has 1 N–H and O–H groups in total. The van der Waals surface area contributed by atoms with E-state index in [9.17, 15) is 14.7 Å². The van der Waals surface area contributed by atoms with Gasteiger partial charge in [0, 0.05) is 17.8 Å². The van der Waals surface area contributed by atoms with Gasteiger partial charge in [0.05, 0.1) is 0 Å². The van der Waals surface area contributed by atoms with Gasteiger partial charge in [-0.1, -0.05) is 26.7 Å². The number of carbonyl (C=O) groups is 2. The Balaban J connectivity index is 2.42. The van der Waals surface area contributed by atoms with E-state index in [-0.39, 0.29) is 17.5 Å². The summed E-state index contributed by atoms with van der Waals surface area (Å²) in [6.45, 7) is 5.86. The van der Waals surface area contributed by atoms with Gasteiger partial charge in [0.15, 0.2) is 5.78 Å². The number of Topliss-reactive ketones (excluding diaryl/α,β-unsaturated/α-hetero) is 1. The molecule has 0 bridgehead atoms. The lowest BCUT2D eigenvalue weighted by molar-refractivity contribution is 0.0674. The van der Waals surface area contributed by atoms with Crippen molar-refractivity contribution < 1.29 is 14.7 Å². The second-order valence-corrected chi connectivity index (χ2v) is 5.72. The van der Waals surface area contributed by atoms with Gasteiger partial charge in [-0.15, -0.1) is 0 Å². The van der Waals surface area contributed by atoms with Crippen LogP contribution in [0.5, 0.6) is 0 Å². The van der Waals surface area contributed by atoms with Crippen LogP contribution in [0.3, 0.4) is 0 Å². The molecule has 0 spiro atoms. The molecular weight excluding hydrogens is 242 g/mol. The molecule has 1 aromatic rings. The zero-order valence-corrected chi connectivity index (χ0v) is 11.7. The second kappa shape index (κ2) is 5.19. The maximum atomic E-state index is 11.5. The van der Waals surface area contributed by atoms with Gasteiger partial charge < -0.3 is 9.67 Å². The molecule has 1 heterocycles. The van der Waals surface area contributed by atoms with Gasteiger partial charge in [0.2, 0.25) is 0 Å². The van der Waals surface area contributed by atoms with Crippen molar-refractivity contribution in [3.63, 3.8) is 0 Å². The zero-order chi connectivity index (χ0) is 14.2. The summed E-state index contributed by atoms with van der Waals surface area (Å²) >= 11 is 0. The Bertz CT molecular complexity index is 503. The van der Waals surface area contributed by atoms with Gasteiger partial charge in [-0.2, -0.15) is 0 Å². The van der Waals surface area contributed by atoms with E-state index in [1.165, 1.54) is 19.4 Å². The number of aromatic nitrogens is 1. The normalized spacial score (nSPS) is 27.2. The van der Waals surface area contributed by atoms with Crippen molar-refractivity contribution in [1.29, 1.82) is 0 Å². The Labute approximate surface area is 113 Å². The first-order valence-corrected chi connectivity index (χ1v) is 6.88. The highest BCUT2D eigenvalue weighted by Crippen LogP contribution is 2.38. The lowest BCUT2D eigenvalue weighted by Gasteiger charge is -2.35. The molecule has 0 saturated heterocycles. The van der Waals surface area contributed by atoms with Crippen LogP contribution in [0.4, 0.5) is 0 Å². The topological polar surface area (TPSA) is 59.3 Å². The molecule has 1 saturated carbocycles. The number of carbonyl (C=O) groups excluding carboxylic acids is 1. The smallest absolute Gasteiger partial charge is 0.352 e. The van der Waals surface area contributed by atoms with E-state index in [2.05, 4.69) is 13.8 Å². The molecule has 0 aromatic carbocycles. The molecule has 0 amide bonds. The summed E-state index contributed by atoms with van der Waals surface area (Å²) in [5.74, 6) is -0.0293. The molecule has 0 aliphatic heterocycles. The van der Waals surface area contributed by atoms with E-state index in [1.54, 1.807) is 10.8 Å². The monoisotopic (exact) mass is 263 g/mol. The highest BCUT2D eigenvalue weighted by molar-refractivity contribution is 5.97. The van der Waals surface area contributed by atoms with Crippen molar-refractivity contribution in [3.05, 3.63) is 23.5 Å². The quantitative estimate of drug-likeness (QED) is 0.850. The third-order valence-electron chi connectivity index (χ3n) is 4.50. The highest BCUT2D eigenvalue weighted by atomic mass is 16.4. The molecule has 1 aliphatic rings. The number of carboxylic acids is 1. The minimum atomic E-state index is -0.960. The van der Waals surface area contributed by atoms with Crippen molar-refractivity contribution in [2.24, 2.45) is 11.8 Å². The van der Waals surface area contributed by atoms with Crippen molar-refractivity contribution in [3.8, 4) is 0 Å². The molecule has 4 heteroatoms. The van der Waals surface area contributed by atoms with Crippen LogP contribution >= 0.6 is 0 Å². The third kappa shape index (κ3) is 2.57. The van der Waals surface area contributed by atoms with E-state index in [0.717, 1.165) is 12.8 Å². The van der Waals surface area contributed by atoms with E-state index >= 15 is 0 Å². The zero-order valence-electron chi connectivity index (χ0n) is 11.7. The van der Waals surface area contributed by atoms with Crippen LogP contribution in [0, 0.1) is 11.8 Å². The van der Waals surface area contributed by atoms with Gasteiger partial charge in [0.1, 0.15) is 5.69 Å². The Morgan fingerprint density at radius 2 is 2.00 bits per heavy atom. The molecule has 2 rings (SSSR count). The van der Waals surface area contributed by atoms with Gasteiger partial charge in [-0.25, -0.2) is 4.79 Å². The summed E-state index contributed by atoms with van der Waals surface area (Å²) in [5, 5.41) is 9.31. The Morgan fingerprint density at radius 3 is 2.58 bits per heavy atom. The summed E-state index contributed by atoms with van der Waals surface area (Å²) < 4.78 is 1.80. The lowest BCUT2D eigenvalue weighted by atomic mass is 9.78. The number of nitrogens with zero attached hydrogens (tertiary/aromatic N) is 1. The van der Waals surface area contributed by atoms with E-state index in [0.29, 0.717) is 17.4 Å². The minimum Gasteiger partial charge on any atom is -0.477 e. The highest BCUT2D eigenvalue weighted by Gasteiger charge is 2.31. The Hall–Kier alpha value is -1.58. The summed E-state index contributed by atoms with van der Waals surface area (Å²) in [6.07, 6.45) is 5.01. The van der Waals surface area contributed by atoms with Gasteiger partial charge in [-0.3, -0.25) is 4.79 Å².